The predicted molar refractivity (Wildman–Crippen MR) is 141 cm³/mol. The van der Waals surface area contributed by atoms with Gasteiger partial charge in [-0.15, -0.1) is 0 Å². The van der Waals surface area contributed by atoms with E-state index in [0.29, 0.717) is 28.7 Å². The van der Waals surface area contributed by atoms with Crippen molar-refractivity contribution < 1.29 is 28.9 Å². The number of likely N-dealkylation sites (tertiary alicyclic amines) is 1. The average Bonchev–Trinajstić information content (AvgIpc) is 3.17. The van der Waals surface area contributed by atoms with E-state index in [4.69, 9.17) is 14.2 Å². The summed E-state index contributed by atoms with van der Waals surface area (Å²) in [6.07, 6.45) is 0. The van der Waals surface area contributed by atoms with E-state index in [-0.39, 0.29) is 17.9 Å². The molecule has 0 bridgehead atoms. The van der Waals surface area contributed by atoms with Crippen LogP contribution in [0.5, 0.6) is 17.2 Å². The Balaban J connectivity index is 1.88. The number of ketones is 1. The van der Waals surface area contributed by atoms with Crippen LogP contribution in [0.2, 0.25) is 0 Å². The Morgan fingerprint density at radius 2 is 1.51 bits per heavy atom. The fourth-order valence-corrected chi connectivity index (χ4v) is 4.61. The van der Waals surface area contributed by atoms with Crippen molar-refractivity contribution in [3.63, 3.8) is 0 Å². The van der Waals surface area contributed by atoms with Gasteiger partial charge in [-0.25, -0.2) is 0 Å². The summed E-state index contributed by atoms with van der Waals surface area (Å²) in [5.41, 5.74) is 2.97. The highest BCUT2D eigenvalue weighted by Crippen LogP contribution is 2.42. The van der Waals surface area contributed by atoms with Crippen molar-refractivity contribution in [2.75, 3.05) is 21.3 Å². The Morgan fingerprint density at radius 3 is 2.14 bits per heavy atom. The lowest BCUT2D eigenvalue weighted by molar-refractivity contribution is -0.140. The maximum atomic E-state index is 13.4. The first-order chi connectivity index (χ1) is 17.8. The van der Waals surface area contributed by atoms with Crippen LogP contribution in [0.15, 0.2) is 72.3 Å². The van der Waals surface area contributed by atoms with Crippen molar-refractivity contribution in [2.45, 2.75) is 32.4 Å². The van der Waals surface area contributed by atoms with E-state index < -0.39 is 17.7 Å². The van der Waals surface area contributed by atoms with Crippen molar-refractivity contribution in [3.05, 3.63) is 94.6 Å². The number of carbonyl (C=O) groups excluding carboxylic acids is 2. The Kier molecular flexibility index (Phi) is 7.53. The van der Waals surface area contributed by atoms with Gasteiger partial charge in [-0.2, -0.15) is 0 Å². The van der Waals surface area contributed by atoms with Crippen LogP contribution < -0.4 is 14.2 Å². The molecule has 0 saturated carbocycles. The third-order valence-corrected chi connectivity index (χ3v) is 6.65. The lowest BCUT2D eigenvalue weighted by Crippen LogP contribution is -2.29. The first kappa shape index (κ1) is 25.8. The summed E-state index contributed by atoms with van der Waals surface area (Å²) in [7, 11) is 4.57. The van der Waals surface area contributed by atoms with Crippen LogP contribution >= 0.6 is 0 Å². The molecule has 37 heavy (non-hydrogen) atoms. The number of Topliss-reactive ketones (excluding diaryl/α,β-unsaturated/α-hetero) is 1. The Hall–Kier alpha value is -4.26. The molecule has 0 aliphatic carbocycles. The van der Waals surface area contributed by atoms with Crippen molar-refractivity contribution in [2.24, 2.45) is 0 Å². The molecule has 3 aromatic carbocycles. The molecule has 0 radical (unpaired) electrons. The van der Waals surface area contributed by atoms with Crippen LogP contribution in [0.25, 0.3) is 5.76 Å². The molecular formula is C30H31NO6. The molecule has 3 aromatic rings. The molecule has 1 aliphatic rings. The third-order valence-electron chi connectivity index (χ3n) is 6.65. The molecule has 1 atom stereocenters. The molecule has 4 rings (SSSR count). The fourth-order valence-electron chi connectivity index (χ4n) is 4.61. The van der Waals surface area contributed by atoms with Crippen LogP contribution in [0.1, 0.15) is 48.1 Å². The number of carbonyl (C=O) groups is 2. The van der Waals surface area contributed by atoms with Crippen molar-refractivity contribution in [1.82, 2.24) is 4.90 Å². The zero-order valence-electron chi connectivity index (χ0n) is 21.6. The maximum Gasteiger partial charge on any atom is 0.295 e. The largest absolute Gasteiger partial charge is 0.507 e. The molecule has 1 fully saturated rings. The van der Waals surface area contributed by atoms with Crippen LogP contribution in [-0.2, 0) is 16.1 Å². The number of aliphatic hydroxyl groups is 1. The fraction of sp³-hybridized carbons (Fsp3) is 0.267. The number of benzene rings is 3. The van der Waals surface area contributed by atoms with Gasteiger partial charge in [0, 0.05) is 11.1 Å². The number of rotatable bonds is 8. The van der Waals surface area contributed by atoms with Crippen molar-refractivity contribution in [1.29, 1.82) is 0 Å². The monoisotopic (exact) mass is 501 g/mol. The van der Waals surface area contributed by atoms with Gasteiger partial charge >= 0.3 is 0 Å². The number of aliphatic hydroxyl groups excluding tert-OH is 1. The zero-order chi connectivity index (χ0) is 26.7. The summed E-state index contributed by atoms with van der Waals surface area (Å²) in [6.45, 7) is 4.33. The van der Waals surface area contributed by atoms with Gasteiger partial charge in [-0.1, -0.05) is 56.3 Å². The number of para-hydroxylation sites is 1. The van der Waals surface area contributed by atoms with Crippen LogP contribution in [0.3, 0.4) is 0 Å². The number of ether oxygens (including phenoxy) is 3. The van der Waals surface area contributed by atoms with E-state index >= 15 is 0 Å². The van der Waals surface area contributed by atoms with Gasteiger partial charge in [0.2, 0.25) is 0 Å². The standard InChI is InChI=1S/C30H31NO6/c1-18(2)19-10-12-20(13-11-19)27-26(28(32)21-14-15-24(36-4)25(16-21)37-5)29(33)30(34)31(27)17-22-8-6-7-9-23(22)35-3/h6-16,18,27,32H,17H2,1-5H3/b28-26-. The van der Waals surface area contributed by atoms with Gasteiger partial charge in [0.15, 0.2) is 11.5 Å². The summed E-state index contributed by atoms with van der Waals surface area (Å²) in [5, 5.41) is 11.4. The first-order valence-electron chi connectivity index (χ1n) is 12.0. The van der Waals surface area contributed by atoms with Gasteiger partial charge in [0.05, 0.1) is 39.5 Å². The van der Waals surface area contributed by atoms with E-state index in [1.54, 1.807) is 25.3 Å². The number of hydrogen-bond acceptors (Lipinski definition) is 6. The summed E-state index contributed by atoms with van der Waals surface area (Å²) in [6, 6.07) is 19.2. The molecule has 1 unspecified atom stereocenters. The second-order valence-electron chi connectivity index (χ2n) is 9.13. The topological polar surface area (TPSA) is 85.3 Å². The van der Waals surface area contributed by atoms with E-state index in [1.807, 2.05) is 48.5 Å². The maximum absolute atomic E-state index is 13.4. The number of amides is 1. The predicted octanol–water partition coefficient (Wildman–Crippen LogP) is 5.46. The molecular weight excluding hydrogens is 470 g/mol. The third kappa shape index (κ3) is 4.89. The molecule has 0 aromatic heterocycles. The van der Waals surface area contributed by atoms with Crippen LogP contribution in [-0.4, -0.2) is 43.0 Å². The Bertz CT molecular complexity index is 1340. The highest BCUT2D eigenvalue weighted by atomic mass is 16.5. The van der Waals surface area contributed by atoms with E-state index in [2.05, 4.69) is 13.8 Å². The molecule has 1 heterocycles. The minimum absolute atomic E-state index is 0.0180. The van der Waals surface area contributed by atoms with Gasteiger partial charge in [-0.3, -0.25) is 9.59 Å². The summed E-state index contributed by atoms with van der Waals surface area (Å²) in [4.78, 5) is 28.3. The number of nitrogens with zero attached hydrogens (tertiary/aromatic N) is 1. The minimum atomic E-state index is -0.792. The smallest absolute Gasteiger partial charge is 0.295 e. The number of methoxy groups -OCH3 is 3. The van der Waals surface area contributed by atoms with Gasteiger partial charge in [-0.05, 0) is 41.3 Å². The molecule has 0 spiro atoms. The lowest BCUT2D eigenvalue weighted by atomic mass is 9.93. The molecule has 1 amide bonds. The Labute approximate surface area is 216 Å². The normalized spacial score (nSPS) is 16.8. The first-order valence-corrected chi connectivity index (χ1v) is 12.0. The average molecular weight is 502 g/mol. The molecule has 1 N–H and O–H groups in total. The summed E-state index contributed by atoms with van der Waals surface area (Å²) >= 11 is 0. The van der Waals surface area contributed by atoms with Gasteiger partial charge in [0.1, 0.15) is 11.5 Å². The van der Waals surface area contributed by atoms with Gasteiger partial charge in [0.25, 0.3) is 11.7 Å². The molecule has 1 aliphatic heterocycles. The number of hydrogen-bond donors (Lipinski definition) is 1. The zero-order valence-corrected chi connectivity index (χ0v) is 21.6. The summed E-state index contributed by atoms with van der Waals surface area (Å²) in [5.74, 6) is 0.0915. The van der Waals surface area contributed by atoms with E-state index in [9.17, 15) is 14.7 Å². The minimum Gasteiger partial charge on any atom is -0.507 e. The lowest BCUT2D eigenvalue weighted by Gasteiger charge is -2.26. The van der Waals surface area contributed by atoms with Crippen molar-refractivity contribution >= 4 is 17.4 Å². The van der Waals surface area contributed by atoms with E-state index in [0.717, 1.165) is 16.7 Å². The van der Waals surface area contributed by atoms with Gasteiger partial charge < -0.3 is 24.2 Å². The molecule has 192 valence electrons. The highest BCUT2D eigenvalue weighted by Gasteiger charge is 2.46. The molecule has 1 saturated heterocycles. The van der Waals surface area contributed by atoms with Crippen LogP contribution in [0.4, 0.5) is 0 Å². The summed E-state index contributed by atoms with van der Waals surface area (Å²) < 4.78 is 16.2. The second-order valence-corrected chi connectivity index (χ2v) is 9.13. The quantitative estimate of drug-likeness (QED) is 0.251. The second kappa shape index (κ2) is 10.8. The van der Waals surface area contributed by atoms with Crippen molar-refractivity contribution in [3.8, 4) is 17.2 Å². The Morgan fingerprint density at radius 1 is 0.865 bits per heavy atom. The van der Waals surface area contributed by atoms with Crippen LogP contribution in [0, 0.1) is 0 Å². The molecule has 7 heteroatoms. The highest BCUT2D eigenvalue weighted by molar-refractivity contribution is 6.46. The van der Waals surface area contributed by atoms with E-state index in [1.165, 1.54) is 19.1 Å². The molecule has 7 nitrogen and oxygen atoms in total. The SMILES string of the molecule is COc1ccccc1CN1C(=O)C(=O)/C(=C(\O)c2ccc(OC)c(OC)c2)C1c1ccc(C(C)C)cc1.